The monoisotopic (exact) mass is 599 g/mol. The van der Waals surface area contributed by atoms with Crippen LogP contribution in [0.2, 0.25) is 0 Å². The second kappa shape index (κ2) is 37.1. The lowest BCUT2D eigenvalue weighted by Crippen LogP contribution is -2.29. The molecule has 0 atom stereocenters. The highest BCUT2D eigenvalue weighted by Crippen LogP contribution is 2.12. The Bertz CT molecular complexity index is 582. The van der Waals surface area contributed by atoms with Crippen molar-refractivity contribution in [2.75, 3.05) is 40.3 Å². The average Bonchev–Trinajstić information content (AvgIpc) is 3.00. The van der Waals surface area contributed by atoms with Crippen molar-refractivity contribution in [3.05, 3.63) is 48.6 Å². The molecule has 0 aromatic heterocycles. The molecule has 0 rings (SSSR count). The number of rotatable bonds is 34. The van der Waals surface area contributed by atoms with Gasteiger partial charge in [-0.3, -0.25) is 0 Å². The van der Waals surface area contributed by atoms with Crippen molar-refractivity contribution in [2.24, 2.45) is 0 Å². The topological polar surface area (TPSA) is 6.48 Å². The highest BCUT2D eigenvalue weighted by Gasteiger charge is 2.05. The van der Waals surface area contributed by atoms with Crippen molar-refractivity contribution < 1.29 is 0 Å². The van der Waals surface area contributed by atoms with Crippen molar-refractivity contribution in [1.29, 1.82) is 0 Å². The van der Waals surface area contributed by atoms with Crippen molar-refractivity contribution in [2.45, 2.75) is 174 Å². The van der Waals surface area contributed by atoms with Gasteiger partial charge in [-0.25, -0.2) is 0 Å². The SMILES string of the molecule is CCCCCC=CCC=CCCCCCCCCN(CCCCCCCCC=CCC=CCCCCC)CCCN(C)C. The van der Waals surface area contributed by atoms with Gasteiger partial charge in [0, 0.05) is 0 Å². The Morgan fingerprint density at radius 2 is 0.651 bits per heavy atom. The molecule has 0 unspecified atom stereocenters. The molecular formula is C41H78N2. The van der Waals surface area contributed by atoms with Gasteiger partial charge in [-0.2, -0.15) is 0 Å². The Balaban J connectivity index is 3.77. The summed E-state index contributed by atoms with van der Waals surface area (Å²) in [6.07, 6.45) is 52.3. The Hall–Kier alpha value is -1.12. The van der Waals surface area contributed by atoms with Gasteiger partial charge < -0.3 is 9.80 Å². The fourth-order valence-corrected chi connectivity index (χ4v) is 5.59. The maximum atomic E-state index is 2.77. The first-order chi connectivity index (χ1) is 21.2. The first-order valence-electron chi connectivity index (χ1n) is 19.2. The minimum absolute atomic E-state index is 1.12. The Labute approximate surface area is 272 Å². The van der Waals surface area contributed by atoms with E-state index in [-0.39, 0.29) is 0 Å². The summed E-state index contributed by atoms with van der Waals surface area (Å²) in [4.78, 5) is 5.11. The summed E-state index contributed by atoms with van der Waals surface area (Å²) in [5.74, 6) is 0. The molecule has 43 heavy (non-hydrogen) atoms. The maximum Gasteiger partial charge on any atom is -0.000655 e. The zero-order valence-corrected chi connectivity index (χ0v) is 30.0. The van der Waals surface area contributed by atoms with Crippen LogP contribution in [0.25, 0.3) is 0 Å². The minimum atomic E-state index is 1.12. The number of nitrogens with zero attached hydrogens (tertiary/aromatic N) is 2. The predicted molar refractivity (Wildman–Crippen MR) is 198 cm³/mol. The molecule has 0 N–H and O–H groups in total. The summed E-state index contributed by atoms with van der Waals surface area (Å²) in [6.45, 7) is 9.65. The summed E-state index contributed by atoms with van der Waals surface area (Å²) < 4.78 is 0. The van der Waals surface area contributed by atoms with Crippen LogP contribution >= 0.6 is 0 Å². The number of allylic oxidation sites excluding steroid dienone is 8. The number of hydrogen-bond acceptors (Lipinski definition) is 2. The van der Waals surface area contributed by atoms with Crippen LogP contribution in [0.15, 0.2) is 48.6 Å². The summed E-state index contributed by atoms with van der Waals surface area (Å²) in [7, 11) is 4.41. The van der Waals surface area contributed by atoms with Gasteiger partial charge in [0.15, 0.2) is 0 Å². The van der Waals surface area contributed by atoms with E-state index in [4.69, 9.17) is 0 Å². The van der Waals surface area contributed by atoms with E-state index in [9.17, 15) is 0 Å². The molecule has 0 saturated heterocycles. The van der Waals surface area contributed by atoms with E-state index in [1.54, 1.807) is 0 Å². The Morgan fingerprint density at radius 1 is 0.326 bits per heavy atom. The van der Waals surface area contributed by atoms with Gasteiger partial charge in [0.05, 0.1) is 0 Å². The van der Waals surface area contributed by atoms with E-state index in [0.29, 0.717) is 0 Å². The highest BCUT2D eigenvalue weighted by molar-refractivity contribution is 4.93. The molecule has 2 nitrogen and oxygen atoms in total. The molecule has 0 aromatic rings. The van der Waals surface area contributed by atoms with Crippen LogP contribution in [0.1, 0.15) is 174 Å². The van der Waals surface area contributed by atoms with Crippen LogP contribution in [0.3, 0.4) is 0 Å². The molecule has 0 bridgehead atoms. The summed E-state index contributed by atoms with van der Waals surface area (Å²) in [5, 5.41) is 0. The molecule has 0 aliphatic carbocycles. The molecule has 0 aliphatic rings. The summed E-state index contributed by atoms with van der Waals surface area (Å²) >= 11 is 0. The van der Waals surface area contributed by atoms with Crippen molar-refractivity contribution in [3.63, 3.8) is 0 Å². The second-order valence-electron chi connectivity index (χ2n) is 13.2. The molecule has 0 amide bonds. The van der Waals surface area contributed by atoms with E-state index in [0.717, 1.165) is 12.8 Å². The zero-order valence-electron chi connectivity index (χ0n) is 30.0. The summed E-state index contributed by atoms with van der Waals surface area (Å²) in [6, 6.07) is 0. The zero-order chi connectivity index (χ0) is 31.3. The fraction of sp³-hybridized carbons (Fsp3) is 0.805. The van der Waals surface area contributed by atoms with Gasteiger partial charge in [-0.15, -0.1) is 0 Å². The van der Waals surface area contributed by atoms with E-state index in [2.05, 4.69) is 86.4 Å². The van der Waals surface area contributed by atoms with Crippen LogP contribution in [0.5, 0.6) is 0 Å². The lowest BCUT2D eigenvalue weighted by Gasteiger charge is -2.23. The molecule has 0 aromatic carbocycles. The van der Waals surface area contributed by atoms with Crippen LogP contribution in [0.4, 0.5) is 0 Å². The third-order valence-electron chi connectivity index (χ3n) is 8.43. The third-order valence-corrected chi connectivity index (χ3v) is 8.43. The fourth-order valence-electron chi connectivity index (χ4n) is 5.59. The number of hydrogen-bond donors (Lipinski definition) is 0. The normalized spacial score (nSPS) is 12.6. The molecule has 0 fully saturated rings. The predicted octanol–water partition coefficient (Wildman–Crippen LogP) is 12.9. The van der Waals surface area contributed by atoms with Crippen LogP contribution in [-0.4, -0.2) is 50.1 Å². The molecule has 0 heterocycles. The molecule has 252 valence electrons. The van der Waals surface area contributed by atoms with Gasteiger partial charge in [-0.1, -0.05) is 140 Å². The standard InChI is InChI=1S/C41H78N2/c1-5-7-9-11-13-15-17-19-21-23-25-27-29-31-33-35-39-43(41-37-38-42(3)4)40-36-34-32-30-28-26-24-22-20-18-16-14-12-10-8-6-2/h13-16,19-22H,5-12,17-18,23-41H2,1-4H3. The Kier molecular flexibility index (Phi) is 36.1. The highest BCUT2D eigenvalue weighted by atomic mass is 15.1. The van der Waals surface area contributed by atoms with Gasteiger partial charge in [0.1, 0.15) is 0 Å². The molecule has 0 spiro atoms. The quantitative estimate of drug-likeness (QED) is 0.0537. The third kappa shape index (κ3) is 37.0. The Morgan fingerprint density at radius 3 is 1.02 bits per heavy atom. The summed E-state index contributed by atoms with van der Waals surface area (Å²) in [5.41, 5.74) is 0. The second-order valence-corrected chi connectivity index (χ2v) is 13.2. The first kappa shape index (κ1) is 41.9. The van der Waals surface area contributed by atoms with Crippen molar-refractivity contribution in [1.82, 2.24) is 9.80 Å². The van der Waals surface area contributed by atoms with Crippen LogP contribution < -0.4 is 0 Å². The number of unbranched alkanes of at least 4 members (excludes halogenated alkanes) is 18. The van der Waals surface area contributed by atoms with Crippen LogP contribution in [-0.2, 0) is 0 Å². The lowest BCUT2D eigenvalue weighted by atomic mass is 10.1. The van der Waals surface area contributed by atoms with E-state index >= 15 is 0 Å². The minimum Gasteiger partial charge on any atom is -0.309 e. The van der Waals surface area contributed by atoms with E-state index in [1.807, 2.05) is 0 Å². The van der Waals surface area contributed by atoms with Crippen molar-refractivity contribution in [3.8, 4) is 0 Å². The molecule has 0 saturated carbocycles. The van der Waals surface area contributed by atoms with Crippen LogP contribution in [0, 0.1) is 0 Å². The van der Waals surface area contributed by atoms with E-state index in [1.165, 1.54) is 174 Å². The smallest absolute Gasteiger partial charge is 0.000655 e. The molecule has 2 heteroatoms. The maximum absolute atomic E-state index is 2.77. The molecular weight excluding hydrogens is 520 g/mol. The lowest BCUT2D eigenvalue weighted by molar-refractivity contribution is 0.244. The van der Waals surface area contributed by atoms with E-state index < -0.39 is 0 Å². The van der Waals surface area contributed by atoms with Gasteiger partial charge in [-0.05, 0) is 124 Å². The average molecular weight is 599 g/mol. The largest absolute Gasteiger partial charge is 0.309 e. The molecule has 0 radical (unpaired) electrons. The van der Waals surface area contributed by atoms with Gasteiger partial charge >= 0.3 is 0 Å². The first-order valence-corrected chi connectivity index (χ1v) is 19.2. The molecule has 0 aliphatic heterocycles. The van der Waals surface area contributed by atoms with Gasteiger partial charge in [0.2, 0.25) is 0 Å². The van der Waals surface area contributed by atoms with Gasteiger partial charge in [0.25, 0.3) is 0 Å². The van der Waals surface area contributed by atoms with Crippen molar-refractivity contribution >= 4 is 0 Å².